The molecule has 3 N–H and O–H groups in total. The zero-order chi connectivity index (χ0) is 25.9. The monoisotopic (exact) mass is 524 g/mol. The third-order valence-electron chi connectivity index (χ3n) is 8.18. The van der Waals surface area contributed by atoms with E-state index < -0.39 is 0 Å². The number of hydrogen-bond donors (Lipinski definition) is 3. The fraction of sp³-hybridized carbons (Fsp3) is 0.700. The van der Waals surface area contributed by atoms with Crippen molar-refractivity contribution in [2.75, 3.05) is 30.9 Å². The molecule has 1 heterocycles. The highest BCUT2D eigenvalue weighted by atomic mass is 32.1. The first-order chi connectivity index (χ1) is 18.1. The SMILES string of the molecule is CN(C)c1nc(NC2CCC(CNC(=S)NC3CCCCCCCCCCC3)CC2)nc2ccccc12. The smallest absolute Gasteiger partial charge is 0.225 e. The van der Waals surface area contributed by atoms with E-state index in [2.05, 4.69) is 33.0 Å². The first kappa shape index (κ1) is 27.9. The number of benzene rings is 1. The third kappa shape index (κ3) is 8.98. The highest BCUT2D eigenvalue weighted by molar-refractivity contribution is 7.80. The van der Waals surface area contributed by atoms with E-state index in [0.29, 0.717) is 18.0 Å². The molecule has 0 bridgehead atoms. The Morgan fingerprint density at radius 1 is 0.811 bits per heavy atom. The van der Waals surface area contributed by atoms with Crippen LogP contribution in [0.1, 0.15) is 96.3 Å². The second-order valence-corrected chi connectivity index (χ2v) is 11.9. The number of fused-ring (bicyclic) bond motifs is 1. The number of rotatable bonds is 6. The van der Waals surface area contributed by atoms with Crippen molar-refractivity contribution in [3.8, 4) is 0 Å². The topological polar surface area (TPSA) is 65.1 Å². The van der Waals surface area contributed by atoms with Crippen LogP contribution in [0, 0.1) is 5.92 Å². The number of nitrogens with zero attached hydrogens (tertiary/aromatic N) is 3. The Morgan fingerprint density at radius 2 is 1.43 bits per heavy atom. The largest absolute Gasteiger partial charge is 0.362 e. The molecule has 0 aliphatic heterocycles. The summed E-state index contributed by atoms with van der Waals surface area (Å²) in [7, 11) is 4.08. The van der Waals surface area contributed by atoms with Gasteiger partial charge in [-0.1, -0.05) is 69.9 Å². The number of para-hydroxylation sites is 1. The van der Waals surface area contributed by atoms with Crippen LogP contribution in [0.4, 0.5) is 11.8 Å². The van der Waals surface area contributed by atoms with E-state index >= 15 is 0 Å². The van der Waals surface area contributed by atoms with Gasteiger partial charge in [-0.05, 0) is 68.8 Å². The summed E-state index contributed by atoms with van der Waals surface area (Å²) in [6.45, 7) is 0.975. The number of anilines is 2. The quantitative estimate of drug-likeness (QED) is 0.359. The summed E-state index contributed by atoms with van der Waals surface area (Å²) in [5.74, 6) is 2.38. The normalized spacial score (nSPS) is 22.4. The first-order valence-corrected chi connectivity index (χ1v) is 15.2. The summed E-state index contributed by atoms with van der Waals surface area (Å²) >= 11 is 5.72. The third-order valence-corrected chi connectivity index (χ3v) is 8.44. The van der Waals surface area contributed by atoms with E-state index in [1.807, 2.05) is 26.2 Å². The van der Waals surface area contributed by atoms with Crippen LogP contribution in [0.2, 0.25) is 0 Å². The number of thiocarbonyl (C=S) groups is 1. The van der Waals surface area contributed by atoms with Crippen molar-refractivity contribution in [2.24, 2.45) is 5.92 Å². The maximum atomic E-state index is 5.72. The highest BCUT2D eigenvalue weighted by Gasteiger charge is 2.23. The zero-order valence-corrected chi connectivity index (χ0v) is 23.9. The molecule has 204 valence electrons. The van der Waals surface area contributed by atoms with Crippen molar-refractivity contribution in [1.29, 1.82) is 0 Å². The molecule has 0 unspecified atom stereocenters. The fourth-order valence-electron chi connectivity index (χ4n) is 5.94. The minimum Gasteiger partial charge on any atom is -0.362 e. The van der Waals surface area contributed by atoms with Crippen LogP contribution in [0.5, 0.6) is 0 Å². The lowest BCUT2D eigenvalue weighted by atomic mass is 9.86. The van der Waals surface area contributed by atoms with Gasteiger partial charge in [0.1, 0.15) is 5.82 Å². The minimum absolute atomic E-state index is 0.425. The predicted molar refractivity (Wildman–Crippen MR) is 162 cm³/mol. The van der Waals surface area contributed by atoms with Gasteiger partial charge in [0.25, 0.3) is 0 Å². The van der Waals surface area contributed by atoms with Gasteiger partial charge in [0.15, 0.2) is 5.11 Å². The van der Waals surface area contributed by atoms with Crippen LogP contribution in [0.15, 0.2) is 24.3 Å². The molecule has 37 heavy (non-hydrogen) atoms. The lowest BCUT2D eigenvalue weighted by molar-refractivity contribution is 0.335. The lowest BCUT2D eigenvalue weighted by Crippen LogP contribution is -2.44. The van der Waals surface area contributed by atoms with Crippen LogP contribution >= 0.6 is 12.2 Å². The van der Waals surface area contributed by atoms with E-state index in [4.69, 9.17) is 22.2 Å². The molecule has 1 aromatic heterocycles. The Balaban J connectivity index is 1.19. The van der Waals surface area contributed by atoms with Crippen molar-refractivity contribution >= 4 is 40.0 Å². The predicted octanol–water partition coefficient (Wildman–Crippen LogP) is 6.80. The maximum absolute atomic E-state index is 5.72. The zero-order valence-electron chi connectivity index (χ0n) is 23.1. The molecule has 0 spiro atoms. The second kappa shape index (κ2) is 14.7. The molecule has 2 aliphatic carbocycles. The molecule has 0 radical (unpaired) electrons. The van der Waals surface area contributed by atoms with Crippen LogP contribution < -0.4 is 20.9 Å². The average molecular weight is 525 g/mol. The van der Waals surface area contributed by atoms with E-state index in [1.54, 1.807) is 0 Å². The Labute approximate surface area is 229 Å². The molecule has 6 nitrogen and oxygen atoms in total. The standard InChI is InChI=1S/C30H48N6S/c1-36(2)28-26-16-12-13-17-27(26)34-29(35-28)32-25-20-18-23(19-21-25)22-31-30(37)33-24-14-10-8-6-4-3-5-7-9-11-15-24/h12-13,16-17,23-25H,3-11,14-15,18-22H2,1-2H3,(H2,31,33,37)(H,32,34,35). The molecule has 0 saturated heterocycles. The number of aromatic nitrogens is 2. The second-order valence-electron chi connectivity index (χ2n) is 11.5. The van der Waals surface area contributed by atoms with E-state index in [0.717, 1.165) is 47.2 Å². The molecule has 4 rings (SSSR count). The Kier molecular flexibility index (Phi) is 11.1. The summed E-state index contributed by atoms with van der Waals surface area (Å²) in [5, 5.41) is 12.8. The first-order valence-electron chi connectivity index (χ1n) is 14.8. The van der Waals surface area contributed by atoms with Crippen LogP contribution in [0.25, 0.3) is 10.9 Å². The molecule has 2 fully saturated rings. The maximum Gasteiger partial charge on any atom is 0.225 e. The molecule has 2 aliphatic rings. The molecule has 7 heteroatoms. The van der Waals surface area contributed by atoms with Gasteiger partial charge in [0.2, 0.25) is 5.95 Å². The Hall–Kier alpha value is -2.15. The van der Waals surface area contributed by atoms with E-state index in [9.17, 15) is 0 Å². The van der Waals surface area contributed by atoms with Crippen LogP contribution in [-0.2, 0) is 0 Å². The molecule has 2 aromatic rings. The van der Waals surface area contributed by atoms with Gasteiger partial charge in [0.05, 0.1) is 5.52 Å². The van der Waals surface area contributed by atoms with Gasteiger partial charge in [-0.2, -0.15) is 4.98 Å². The van der Waals surface area contributed by atoms with Gasteiger partial charge in [-0.15, -0.1) is 0 Å². The molecular formula is C30H48N6S. The fourth-order valence-corrected chi connectivity index (χ4v) is 6.19. The number of nitrogens with one attached hydrogen (secondary N) is 3. The minimum atomic E-state index is 0.425. The van der Waals surface area contributed by atoms with Crippen molar-refractivity contribution in [3.63, 3.8) is 0 Å². The lowest BCUT2D eigenvalue weighted by Gasteiger charge is -2.30. The van der Waals surface area contributed by atoms with E-state index in [-0.39, 0.29) is 0 Å². The van der Waals surface area contributed by atoms with Crippen molar-refractivity contribution < 1.29 is 0 Å². The van der Waals surface area contributed by atoms with Gasteiger partial charge in [-0.25, -0.2) is 4.98 Å². The summed E-state index contributed by atoms with van der Waals surface area (Å²) < 4.78 is 0. The van der Waals surface area contributed by atoms with Gasteiger partial charge in [-0.3, -0.25) is 0 Å². The average Bonchev–Trinajstić information content (AvgIpc) is 2.89. The van der Waals surface area contributed by atoms with Crippen LogP contribution in [-0.4, -0.2) is 47.8 Å². The summed E-state index contributed by atoms with van der Waals surface area (Å²) in [5.41, 5.74) is 0.990. The van der Waals surface area contributed by atoms with Gasteiger partial charge >= 0.3 is 0 Å². The van der Waals surface area contributed by atoms with Crippen molar-refractivity contribution in [1.82, 2.24) is 20.6 Å². The van der Waals surface area contributed by atoms with Crippen molar-refractivity contribution in [3.05, 3.63) is 24.3 Å². The Bertz CT molecular complexity index is 960. The van der Waals surface area contributed by atoms with Crippen molar-refractivity contribution in [2.45, 2.75) is 108 Å². The van der Waals surface area contributed by atoms with E-state index in [1.165, 1.54) is 83.5 Å². The molecular weight excluding hydrogens is 476 g/mol. The molecule has 1 aromatic carbocycles. The van der Waals surface area contributed by atoms with Gasteiger partial charge < -0.3 is 20.9 Å². The summed E-state index contributed by atoms with van der Waals surface area (Å²) in [6.07, 6.45) is 19.7. The molecule has 0 amide bonds. The number of hydrogen-bond acceptors (Lipinski definition) is 5. The van der Waals surface area contributed by atoms with Gasteiger partial charge in [0, 0.05) is 38.1 Å². The van der Waals surface area contributed by atoms with Crippen LogP contribution in [0.3, 0.4) is 0 Å². The molecule has 2 saturated carbocycles. The molecule has 0 atom stereocenters. The highest BCUT2D eigenvalue weighted by Crippen LogP contribution is 2.28. The Morgan fingerprint density at radius 3 is 2.08 bits per heavy atom. The summed E-state index contributed by atoms with van der Waals surface area (Å²) in [4.78, 5) is 11.7. The summed E-state index contributed by atoms with van der Waals surface area (Å²) in [6, 6.07) is 9.20.